The van der Waals surface area contributed by atoms with E-state index in [2.05, 4.69) is 36.3 Å². The van der Waals surface area contributed by atoms with Gasteiger partial charge in [-0.05, 0) is 38.5 Å². The summed E-state index contributed by atoms with van der Waals surface area (Å²) in [4.78, 5) is 21.9. The van der Waals surface area contributed by atoms with Gasteiger partial charge in [-0.3, -0.25) is 9.79 Å². The molecule has 0 spiro atoms. The number of aliphatic imine (C=N–C) groups is 1. The van der Waals surface area contributed by atoms with Crippen molar-refractivity contribution in [3.8, 4) is 0 Å². The van der Waals surface area contributed by atoms with Gasteiger partial charge in [0.1, 0.15) is 0 Å². The lowest BCUT2D eigenvalue weighted by Gasteiger charge is -2.34. The zero-order valence-corrected chi connectivity index (χ0v) is 18.2. The molecule has 6 nitrogen and oxygen atoms in total. The van der Waals surface area contributed by atoms with Crippen LogP contribution in [0.15, 0.2) is 4.99 Å². The summed E-state index contributed by atoms with van der Waals surface area (Å²) in [5.74, 6) is 1.84. The lowest BCUT2D eigenvalue weighted by molar-refractivity contribution is -0.138. The maximum absolute atomic E-state index is 12.8. The summed E-state index contributed by atoms with van der Waals surface area (Å²) in [5, 5.41) is 7.01. The van der Waals surface area contributed by atoms with Crippen LogP contribution in [0.4, 0.5) is 0 Å². The third kappa shape index (κ3) is 6.37. The molecule has 1 aliphatic heterocycles. The smallest absolute Gasteiger partial charge is 0.230 e. The van der Waals surface area contributed by atoms with Crippen molar-refractivity contribution in [2.75, 3.05) is 46.8 Å². The second kappa shape index (κ2) is 10.3. The Morgan fingerprint density at radius 3 is 2.37 bits per heavy atom. The van der Waals surface area contributed by atoms with Gasteiger partial charge < -0.3 is 20.4 Å². The molecule has 0 unspecified atom stereocenters. The largest absolute Gasteiger partial charge is 0.357 e. The quantitative estimate of drug-likeness (QED) is 0.526. The second-order valence-electron chi connectivity index (χ2n) is 9.00. The summed E-state index contributed by atoms with van der Waals surface area (Å²) in [6.07, 6.45) is 6.49. The van der Waals surface area contributed by atoms with E-state index in [-0.39, 0.29) is 11.3 Å². The van der Waals surface area contributed by atoms with Crippen LogP contribution in [0.25, 0.3) is 0 Å². The predicted octanol–water partition coefficient (Wildman–Crippen LogP) is 2.31. The summed E-state index contributed by atoms with van der Waals surface area (Å²) in [5.41, 5.74) is -0.299. The predicted molar refractivity (Wildman–Crippen MR) is 113 cm³/mol. The number of rotatable bonds is 7. The molecule has 2 fully saturated rings. The molecule has 156 valence electrons. The van der Waals surface area contributed by atoms with E-state index in [1.54, 1.807) is 4.90 Å². The van der Waals surface area contributed by atoms with Crippen LogP contribution in [-0.2, 0) is 4.79 Å². The van der Waals surface area contributed by atoms with Crippen LogP contribution in [0.1, 0.15) is 59.3 Å². The second-order valence-corrected chi connectivity index (χ2v) is 9.00. The van der Waals surface area contributed by atoms with Crippen molar-refractivity contribution in [2.45, 2.75) is 65.3 Å². The molecule has 6 heteroatoms. The Hall–Kier alpha value is -1.30. The first-order chi connectivity index (χ1) is 12.9. The lowest BCUT2D eigenvalue weighted by Crippen LogP contribution is -2.49. The number of guanidine groups is 1. The highest BCUT2D eigenvalue weighted by molar-refractivity contribution is 5.84. The number of nitrogens with zero attached hydrogens (tertiary/aromatic N) is 3. The first-order valence-electron chi connectivity index (χ1n) is 10.9. The minimum atomic E-state index is -0.299. The molecule has 0 aromatic heterocycles. The van der Waals surface area contributed by atoms with Gasteiger partial charge in [-0.25, -0.2) is 0 Å². The van der Waals surface area contributed by atoms with E-state index in [1.807, 2.05) is 14.1 Å². The minimum absolute atomic E-state index is 0.238. The van der Waals surface area contributed by atoms with Gasteiger partial charge in [0.25, 0.3) is 0 Å². The topological polar surface area (TPSA) is 60.0 Å². The molecule has 2 N–H and O–H groups in total. The Bertz CT molecular complexity index is 489. The molecule has 0 radical (unpaired) electrons. The third-order valence-electron chi connectivity index (χ3n) is 5.86. The number of carbonyl (C=O) groups excluding carboxylic acids is 1. The van der Waals surface area contributed by atoms with E-state index >= 15 is 0 Å². The van der Waals surface area contributed by atoms with Crippen LogP contribution in [0, 0.1) is 11.3 Å². The zero-order chi connectivity index (χ0) is 19.9. The van der Waals surface area contributed by atoms with Crippen LogP contribution in [0.3, 0.4) is 0 Å². The average Bonchev–Trinajstić information content (AvgIpc) is 3.10. The van der Waals surface area contributed by atoms with Crippen molar-refractivity contribution in [1.82, 2.24) is 20.4 Å². The number of likely N-dealkylation sites (tertiary alicyclic amines) is 1. The SMILES string of the molecule is CCNC(=NCC1(C(=O)N(C)C)CCCC1)NC1CCN(CC(C)C)CC1. The van der Waals surface area contributed by atoms with E-state index in [0.29, 0.717) is 12.6 Å². The Balaban J connectivity index is 1.95. The van der Waals surface area contributed by atoms with E-state index < -0.39 is 0 Å². The third-order valence-corrected chi connectivity index (χ3v) is 5.86. The van der Waals surface area contributed by atoms with E-state index in [1.165, 1.54) is 6.54 Å². The molecule has 1 saturated carbocycles. The van der Waals surface area contributed by atoms with Crippen LogP contribution in [0.5, 0.6) is 0 Å². The zero-order valence-electron chi connectivity index (χ0n) is 18.2. The Morgan fingerprint density at radius 2 is 1.85 bits per heavy atom. The molecule has 1 aliphatic carbocycles. The molecule has 1 saturated heterocycles. The molecule has 2 aliphatic rings. The van der Waals surface area contributed by atoms with Crippen molar-refractivity contribution in [1.29, 1.82) is 0 Å². The summed E-state index contributed by atoms with van der Waals surface area (Å²) in [7, 11) is 3.72. The fraction of sp³-hybridized carbons (Fsp3) is 0.905. The van der Waals surface area contributed by atoms with Gasteiger partial charge in [0.05, 0.1) is 12.0 Å². The van der Waals surface area contributed by atoms with E-state index in [9.17, 15) is 4.79 Å². The van der Waals surface area contributed by atoms with Gasteiger partial charge in [-0.15, -0.1) is 0 Å². The Kier molecular flexibility index (Phi) is 8.39. The highest BCUT2D eigenvalue weighted by Crippen LogP contribution is 2.39. The molecule has 1 heterocycles. The fourth-order valence-corrected chi connectivity index (χ4v) is 4.49. The van der Waals surface area contributed by atoms with Crippen molar-refractivity contribution in [3.05, 3.63) is 0 Å². The maximum atomic E-state index is 12.8. The highest BCUT2D eigenvalue weighted by Gasteiger charge is 2.42. The van der Waals surface area contributed by atoms with Crippen molar-refractivity contribution in [3.63, 3.8) is 0 Å². The molecule has 2 rings (SSSR count). The summed E-state index contributed by atoms with van der Waals surface area (Å²) in [6, 6.07) is 0.468. The number of piperidine rings is 1. The van der Waals surface area contributed by atoms with Gasteiger partial charge in [-0.2, -0.15) is 0 Å². The van der Waals surface area contributed by atoms with Crippen molar-refractivity contribution in [2.24, 2.45) is 16.3 Å². The Labute approximate surface area is 166 Å². The van der Waals surface area contributed by atoms with E-state index in [0.717, 1.165) is 70.0 Å². The number of hydrogen-bond acceptors (Lipinski definition) is 3. The highest BCUT2D eigenvalue weighted by atomic mass is 16.2. The van der Waals surface area contributed by atoms with Crippen molar-refractivity contribution < 1.29 is 4.79 Å². The van der Waals surface area contributed by atoms with E-state index in [4.69, 9.17) is 4.99 Å². The standard InChI is InChI=1S/C21H41N5O/c1-6-22-20(24-18-9-13-26(14-10-18)15-17(2)3)23-16-21(11-7-8-12-21)19(27)25(4)5/h17-18H,6-16H2,1-5H3,(H2,22,23,24). The van der Waals surface area contributed by atoms with Crippen LogP contribution < -0.4 is 10.6 Å². The number of nitrogens with one attached hydrogen (secondary N) is 2. The van der Waals surface area contributed by atoms with Crippen LogP contribution in [-0.4, -0.2) is 74.5 Å². The molecular weight excluding hydrogens is 338 g/mol. The molecule has 0 atom stereocenters. The normalized spacial score (nSPS) is 21.5. The number of carbonyl (C=O) groups is 1. The van der Waals surface area contributed by atoms with Crippen LogP contribution in [0.2, 0.25) is 0 Å². The van der Waals surface area contributed by atoms with Gasteiger partial charge in [0.2, 0.25) is 5.91 Å². The molecule has 0 aromatic carbocycles. The maximum Gasteiger partial charge on any atom is 0.230 e. The lowest BCUT2D eigenvalue weighted by atomic mass is 9.85. The Morgan fingerprint density at radius 1 is 1.22 bits per heavy atom. The van der Waals surface area contributed by atoms with Crippen molar-refractivity contribution >= 4 is 11.9 Å². The van der Waals surface area contributed by atoms with Crippen LogP contribution >= 0.6 is 0 Å². The molecule has 0 bridgehead atoms. The van der Waals surface area contributed by atoms with Gasteiger partial charge in [0, 0.05) is 46.3 Å². The monoisotopic (exact) mass is 379 g/mol. The summed E-state index contributed by atoms with van der Waals surface area (Å²) in [6.45, 7) is 11.6. The molecule has 1 amide bonds. The summed E-state index contributed by atoms with van der Waals surface area (Å²) >= 11 is 0. The van der Waals surface area contributed by atoms with Gasteiger partial charge >= 0.3 is 0 Å². The molecule has 27 heavy (non-hydrogen) atoms. The average molecular weight is 380 g/mol. The summed E-state index contributed by atoms with van der Waals surface area (Å²) < 4.78 is 0. The first kappa shape index (κ1) is 22.0. The minimum Gasteiger partial charge on any atom is -0.357 e. The van der Waals surface area contributed by atoms with Gasteiger partial charge in [-0.1, -0.05) is 26.7 Å². The number of hydrogen-bond donors (Lipinski definition) is 2. The first-order valence-corrected chi connectivity index (χ1v) is 10.9. The molecular formula is C21H41N5O. The molecule has 0 aromatic rings. The number of amides is 1. The van der Waals surface area contributed by atoms with Gasteiger partial charge in [0.15, 0.2) is 5.96 Å². The fourth-order valence-electron chi connectivity index (χ4n) is 4.49.